The van der Waals surface area contributed by atoms with Crippen LogP contribution in [0.3, 0.4) is 0 Å². The second-order valence-electron chi connectivity index (χ2n) is 2.02. The number of nitrogens with zero attached hydrogens (tertiary/aromatic N) is 2. The van der Waals surface area contributed by atoms with Gasteiger partial charge in [0.25, 0.3) is 0 Å². The van der Waals surface area contributed by atoms with Crippen molar-refractivity contribution in [2.24, 2.45) is 5.73 Å². The molecule has 0 amide bonds. The minimum absolute atomic E-state index is 0. The second kappa shape index (κ2) is 7.52. The van der Waals surface area contributed by atoms with Gasteiger partial charge in [0.05, 0.1) is 0 Å². The normalized spacial score (nSPS) is 9.08. The van der Waals surface area contributed by atoms with E-state index in [1.165, 1.54) is 0 Å². The third-order valence-electron chi connectivity index (χ3n) is 1.12. The van der Waals surface area contributed by atoms with Crippen LogP contribution in [0.25, 0.3) is 0 Å². The third kappa shape index (κ3) is 4.69. The maximum absolute atomic E-state index is 5.34. The van der Waals surface area contributed by atoms with Crippen LogP contribution >= 0.6 is 28.7 Å². The van der Waals surface area contributed by atoms with Crippen LogP contribution in [0.4, 0.5) is 0 Å². The smallest absolute Gasteiger partial charge is 0.187 e. The van der Waals surface area contributed by atoms with Crippen molar-refractivity contribution >= 4 is 28.7 Å². The molecule has 1 heterocycles. The van der Waals surface area contributed by atoms with Gasteiger partial charge < -0.3 is 5.73 Å². The SMILES string of the molecule is Br.NCCCSc1ncccn1. The van der Waals surface area contributed by atoms with E-state index in [1.54, 1.807) is 24.2 Å². The summed E-state index contributed by atoms with van der Waals surface area (Å²) in [6.45, 7) is 0.736. The second-order valence-corrected chi connectivity index (χ2v) is 3.08. The number of thioether (sulfide) groups is 1. The minimum Gasteiger partial charge on any atom is -0.330 e. The number of hydrogen-bond donors (Lipinski definition) is 1. The molecule has 1 aromatic rings. The van der Waals surface area contributed by atoms with Crippen molar-refractivity contribution < 1.29 is 0 Å². The lowest BCUT2D eigenvalue weighted by molar-refractivity contribution is 0.925. The molecule has 0 aromatic carbocycles. The lowest BCUT2D eigenvalue weighted by atomic mass is 10.5. The Morgan fingerprint density at radius 3 is 2.58 bits per heavy atom. The lowest BCUT2D eigenvalue weighted by Crippen LogP contribution is -1.99. The summed E-state index contributed by atoms with van der Waals surface area (Å²) in [7, 11) is 0. The van der Waals surface area contributed by atoms with Crippen LogP contribution in [0.5, 0.6) is 0 Å². The predicted octanol–water partition coefficient (Wildman–Crippen LogP) is 1.50. The first-order valence-corrected chi connectivity index (χ1v) is 4.52. The van der Waals surface area contributed by atoms with E-state index in [-0.39, 0.29) is 17.0 Å². The Hall–Kier alpha value is -0.130. The van der Waals surface area contributed by atoms with Gasteiger partial charge in [-0.1, -0.05) is 11.8 Å². The molecule has 0 aliphatic carbocycles. The molecule has 0 unspecified atom stereocenters. The van der Waals surface area contributed by atoms with Crippen LogP contribution in [0.15, 0.2) is 23.6 Å². The van der Waals surface area contributed by atoms with Crippen LogP contribution in [-0.2, 0) is 0 Å². The molecule has 1 rings (SSSR count). The Morgan fingerprint density at radius 2 is 2.00 bits per heavy atom. The van der Waals surface area contributed by atoms with Gasteiger partial charge in [-0.25, -0.2) is 9.97 Å². The van der Waals surface area contributed by atoms with Gasteiger partial charge in [0, 0.05) is 18.1 Å². The molecule has 68 valence electrons. The van der Waals surface area contributed by atoms with Crippen molar-refractivity contribution in [2.45, 2.75) is 11.6 Å². The highest BCUT2D eigenvalue weighted by atomic mass is 79.9. The van der Waals surface area contributed by atoms with Crippen LogP contribution in [0.2, 0.25) is 0 Å². The van der Waals surface area contributed by atoms with Gasteiger partial charge in [-0.15, -0.1) is 17.0 Å². The molecule has 0 bridgehead atoms. The van der Waals surface area contributed by atoms with Gasteiger partial charge in [0.15, 0.2) is 5.16 Å². The Balaban J connectivity index is 0.00000121. The van der Waals surface area contributed by atoms with Crippen molar-refractivity contribution in [1.29, 1.82) is 0 Å². The maximum Gasteiger partial charge on any atom is 0.187 e. The molecule has 3 nitrogen and oxygen atoms in total. The Bertz CT molecular complexity index is 195. The number of nitrogens with two attached hydrogens (primary N) is 1. The van der Waals surface area contributed by atoms with E-state index in [2.05, 4.69) is 9.97 Å². The van der Waals surface area contributed by atoms with Crippen molar-refractivity contribution in [2.75, 3.05) is 12.3 Å². The monoisotopic (exact) mass is 249 g/mol. The van der Waals surface area contributed by atoms with E-state index in [1.807, 2.05) is 6.07 Å². The topological polar surface area (TPSA) is 51.8 Å². The van der Waals surface area contributed by atoms with Crippen LogP contribution in [0.1, 0.15) is 6.42 Å². The van der Waals surface area contributed by atoms with E-state index in [4.69, 9.17) is 5.73 Å². The van der Waals surface area contributed by atoms with Gasteiger partial charge in [-0.05, 0) is 19.0 Å². The fourth-order valence-electron chi connectivity index (χ4n) is 0.607. The lowest BCUT2D eigenvalue weighted by Gasteiger charge is -1.95. The standard InChI is InChI=1S/C7H11N3S.BrH/c8-3-1-6-11-7-9-4-2-5-10-7;/h2,4-5H,1,3,6,8H2;1H. The van der Waals surface area contributed by atoms with Gasteiger partial charge in [-0.3, -0.25) is 0 Å². The summed E-state index contributed by atoms with van der Waals surface area (Å²) < 4.78 is 0. The molecule has 0 atom stereocenters. The molecule has 0 radical (unpaired) electrons. The minimum atomic E-state index is 0. The summed E-state index contributed by atoms with van der Waals surface area (Å²) in [4.78, 5) is 8.12. The molecule has 0 spiro atoms. The molecule has 1 aromatic heterocycles. The van der Waals surface area contributed by atoms with Crippen molar-refractivity contribution in [3.05, 3.63) is 18.5 Å². The number of rotatable bonds is 4. The fourth-order valence-corrected chi connectivity index (χ4v) is 1.37. The zero-order chi connectivity index (χ0) is 7.94. The summed E-state index contributed by atoms with van der Waals surface area (Å²) in [5.41, 5.74) is 5.34. The van der Waals surface area contributed by atoms with Gasteiger partial charge >= 0.3 is 0 Å². The summed E-state index contributed by atoms with van der Waals surface area (Å²) in [5.74, 6) is 1.00. The zero-order valence-corrected chi connectivity index (χ0v) is 9.17. The molecule has 12 heavy (non-hydrogen) atoms. The first-order valence-electron chi connectivity index (χ1n) is 3.53. The van der Waals surface area contributed by atoms with Crippen molar-refractivity contribution in [3.63, 3.8) is 0 Å². The van der Waals surface area contributed by atoms with E-state index < -0.39 is 0 Å². The van der Waals surface area contributed by atoms with E-state index in [9.17, 15) is 0 Å². The first-order chi connectivity index (χ1) is 5.43. The van der Waals surface area contributed by atoms with Crippen molar-refractivity contribution in [3.8, 4) is 0 Å². The third-order valence-corrected chi connectivity index (χ3v) is 2.08. The maximum atomic E-state index is 5.34. The molecule has 0 aliphatic rings. The average molecular weight is 250 g/mol. The summed E-state index contributed by atoms with van der Waals surface area (Å²) in [5, 5.41) is 0.834. The predicted molar refractivity (Wildman–Crippen MR) is 56.7 cm³/mol. The fraction of sp³-hybridized carbons (Fsp3) is 0.429. The Morgan fingerprint density at radius 1 is 1.33 bits per heavy atom. The summed E-state index contributed by atoms with van der Waals surface area (Å²) in [6, 6.07) is 1.81. The largest absolute Gasteiger partial charge is 0.330 e. The van der Waals surface area contributed by atoms with Crippen LogP contribution < -0.4 is 5.73 Å². The number of aromatic nitrogens is 2. The zero-order valence-electron chi connectivity index (χ0n) is 6.64. The van der Waals surface area contributed by atoms with E-state index in [0.29, 0.717) is 0 Å². The number of halogens is 1. The van der Waals surface area contributed by atoms with E-state index >= 15 is 0 Å². The highest BCUT2D eigenvalue weighted by molar-refractivity contribution is 8.93. The van der Waals surface area contributed by atoms with Gasteiger partial charge in [-0.2, -0.15) is 0 Å². The average Bonchev–Trinajstić information content (AvgIpc) is 2.07. The molecular weight excluding hydrogens is 238 g/mol. The van der Waals surface area contributed by atoms with Crippen molar-refractivity contribution in [1.82, 2.24) is 9.97 Å². The summed E-state index contributed by atoms with van der Waals surface area (Å²) >= 11 is 1.64. The van der Waals surface area contributed by atoms with Crippen LogP contribution in [0, 0.1) is 0 Å². The molecule has 2 N–H and O–H groups in total. The molecule has 0 saturated carbocycles. The molecule has 0 aliphatic heterocycles. The van der Waals surface area contributed by atoms with Gasteiger partial charge in [0.2, 0.25) is 0 Å². The van der Waals surface area contributed by atoms with Gasteiger partial charge in [0.1, 0.15) is 0 Å². The highest BCUT2D eigenvalue weighted by Gasteiger charge is 1.92. The molecule has 0 saturated heterocycles. The Kier molecular flexibility index (Phi) is 7.43. The molecule has 5 heteroatoms. The summed E-state index contributed by atoms with van der Waals surface area (Å²) in [6.07, 6.45) is 4.51. The quantitative estimate of drug-likeness (QED) is 0.499. The number of hydrogen-bond acceptors (Lipinski definition) is 4. The Labute approximate surface area is 86.9 Å². The van der Waals surface area contributed by atoms with Crippen LogP contribution in [-0.4, -0.2) is 22.3 Å². The highest BCUT2D eigenvalue weighted by Crippen LogP contribution is 2.10. The molecule has 0 fully saturated rings. The first kappa shape index (κ1) is 11.9. The van der Waals surface area contributed by atoms with E-state index in [0.717, 1.165) is 23.9 Å². The molecular formula is C7H12BrN3S.